The van der Waals surface area contributed by atoms with Gasteiger partial charge in [0, 0.05) is 18.8 Å². The fourth-order valence-corrected chi connectivity index (χ4v) is 5.70. The molecule has 2 aromatic rings. The summed E-state index contributed by atoms with van der Waals surface area (Å²) < 4.78 is 40.1. The highest BCUT2D eigenvalue weighted by Gasteiger charge is 2.31. The van der Waals surface area contributed by atoms with Gasteiger partial charge in [-0.15, -0.1) is 0 Å². The zero-order valence-electron chi connectivity index (χ0n) is 19.5. The van der Waals surface area contributed by atoms with Crippen LogP contribution in [0, 0.1) is 17.2 Å². The Kier molecular flexibility index (Phi) is 7.32. The number of benzene rings is 2. The summed E-state index contributed by atoms with van der Waals surface area (Å²) in [5.41, 5.74) is 5.31. The van der Waals surface area contributed by atoms with Gasteiger partial charge < -0.3 is 4.90 Å². The summed E-state index contributed by atoms with van der Waals surface area (Å²) in [4.78, 5) is 2.49. The van der Waals surface area contributed by atoms with E-state index in [2.05, 4.69) is 24.0 Å². The van der Waals surface area contributed by atoms with Crippen LogP contribution in [0.25, 0.3) is 0 Å². The molecule has 0 aliphatic heterocycles. The summed E-state index contributed by atoms with van der Waals surface area (Å²) in [6.07, 6.45) is 6.46. The lowest BCUT2D eigenvalue weighted by Crippen LogP contribution is -2.30. The Balaban J connectivity index is 1.65. The molecule has 33 heavy (non-hydrogen) atoms. The highest BCUT2D eigenvalue weighted by atomic mass is 19.4. The van der Waals surface area contributed by atoms with Crippen LogP contribution in [-0.2, 0) is 31.9 Å². The highest BCUT2D eigenvalue weighted by molar-refractivity contribution is 5.60. The van der Waals surface area contributed by atoms with Crippen LogP contribution in [0.2, 0.25) is 0 Å². The molecule has 2 aliphatic carbocycles. The van der Waals surface area contributed by atoms with E-state index >= 15 is 0 Å². The molecule has 1 saturated carbocycles. The first-order valence-electron chi connectivity index (χ1n) is 12.4. The summed E-state index contributed by atoms with van der Waals surface area (Å²) in [7, 11) is 0. The minimum atomic E-state index is -4.45. The van der Waals surface area contributed by atoms with Crippen LogP contribution < -0.4 is 4.90 Å². The number of nitriles is 1. The molecular weight excluding hydrogens is 421 g/mol. The standard InChI is InChI=1S/C28H33F3N2/c1-2-33(19-20-7-3-4-8-20)27-14-12-23-9-5-6-10-25(23)26(27)13-11-21-15-22(18-32)17-24(16-21)28(29,30)31/h12,14-17,20H,2-11,13,19H2,1H3. The maximum absolute atomic E-state index is 13.4. The fourth-order valence-electron chi connectivity index (χ4n) is 5.70. The summed E-state index contributed by atoms with van der Waals surface area (Å²) in [5, 5.41) is 9.26. The maximum atomic E-state index is 13.4. The normalized spacial score (nSPS) is 16.5. The second kappa shape index (κ2) is 10.2. The Morgan fingerprint density at radius 1 is 1.00 bits per heavy atom. The molecule has 4 rings (SSSR count). The van der Waals surface area contributed by atoms with Crippen LogP contribution in [0.3, 0.4) is 0 Å². The molecule has 2 nitrogen and oxygen atoms in total. The highest BCUT2D eigenvalue weighted by Crippen LogP contribution is 2.36. The van der Waals surface area contributed by atoms with Gasteiger partial charge in [-0.1, -0.05) is 18.9 Å². The predicted molar refractivity (Wildman–Crippen MR) is 126 cm³/mol. The molecule has 0 amide bonds. The molecule has 0 saturated heterocycles. The molecule has 1 fully saturated rings. The van der Waals surface area contributed by atoms with Crippen molar-refractivity contribution in [3.8, 4) is 6.07 Å². The van der Waals surface area contributed by atoms with E-state index in [9.17, 15) is 18.4 Å². The lowest BCUT2D eigenvalue weighted by molar-refractivity contribution is -0.137. The fraction of sp³-hybridized carbons (Fsp3) is 0.536. The van der Waals surface area contributed by atoms with Crippen molar-refractivity contribution in [3.05, 3.63) is 63.7 Å². The zero-order chi connectivity index (χ0) is 23.4. The number of aryl methyl sites for hydroxylation is 2. The van der Waals surface area contributed by atoms with Crippen molar-refractivity contribution in [1.82, 2.24) is 0 Å². The molecule has 0 unspecified atom stereocenters. The Morgan fingerprint density at radius 2 is 1.76 bits per heavy atom. The van der Waals surface area contributed by atoms with Gasteiger partial charge in [-0.3, -0.25) is 0 Å². The average Bonchev–Trinajstić information content (AvgIpc) is 3.33. The van der Waals surface area contributed by atoms with Crippen molar-refractivity contribution < 1.29 is 13.2 Å². The number of nitrogens with zero attached hydrogens (tertiary/aromatic N) is 2. The monoisotopic (exact) mass is 454 g/mol. The number of alkyl halides is 3. The van der Waals surface area contributed by atoms with E-state index in [-0.39, 0.29) is 5.56 Å². The minimum absolute atomic E-state index is 0.0755. The predicted octanol–water partition coefficient (Wildman–Crippen LogP) is 7.26. The Morgan fingerprint density at radius 3 is 2.45 bits per heavy atom. The Labute approximate surface area is 195 Å². The van der Waals surface area contributed by atoms with Gasteiger partial charge in [-0.05, 0) is 111 Å². The van der Waals surface area contributed by atoms with Gasteiger partial charge in [-0.2, -0.15) is 18.4 Å². The number of hydrogen-bond donors (Lipinski definition) is 0. The number of rotatable bonds is 7. The van der Waals surface area contributed by atoms with E-state index in [0.717, 1.165) is 37.9 Å². The van der Waals surface area contributed by atoms with Crippen molar-refractivity contribution in [2.24, 2.45) is 5.92 Å². The van der Waals surface area contributed by atoms with Gasteiger partial charge in [0.15, 0.2) is 0 Å². The van der Waals surface area contributed by atoms with Gasteiger partial charge >= 0.3 is 6.18 Å². The lowest BCUT2D eigenvalue weighted by atomic mass is 9.85. The van der Waals surface area contributed by atoms with Crippen LogP contribution >= 0.6 is 0 Å². The van der Waals surface area contributed by atoms with Crippen LogP contribution in [0.15, 0.2) is 30.3 Å². The number of hydrogen-bond acceptors (Lipinski definition) is 2. The van der Waals surface area contributed by atoms with Gasteiger partial charge in [0.05, 0.1) is 17.2 Å². The zero-order valence-corrected chi connectivity index (χ0v) is 19.5. The maximum Gasteiger partial charge on any atom is 0.416 e. The van der Waals surface area contributed by atoms with Gasteiger partial charge in [-0.25, -0.2) is 0 Å². The molecular formula is C28H33F3N2. The summed E-state index contributed by atoms with van der Waals surface area (Å²) >= 11 is 0. The van der Waals surface area contributed by atoms with Crippen molar-refractivity contribution in [2.45, 2.75) is 77.3 Å². The van der Waals surface area contributed by atoms with Crippen LogP contribution in [0.1, 0.15) is 78.8 Å². The SMILES string of the molecule is CCN(CC1CCCC1)c1ccc2c(c1CCc1cc(C#N)cc(C(F)(F)F)c1)CCCC2. The summed E-state index contributed by atoms with van der Waals surface area (Å²) in [6, 6.07) is 10.2. The number of halogens is 3. The van der Waals surface area contributed by atoms with Gasteiger partial charge in [0.25, 0.3) is 0 Å². The molecule has 2 aromatic carbocycles. The second-order valence-corrected chi connectivity index (χ2v) is 9.63. The van der Waals surface area contributed by atoms with Crippen molar-refractivity contribution in [2.75, 3.05) is 18.0 Å². The molecule has 0 heterocycles. The van der Waals surface area contributed by atoms with Gasteiger partial charge in [0.1, 0.15) is 0 Å². The quantitative estimate of drug-likeness (QED) is 0.440. The third-order valence-corrected chi connectivity index (χ3v) is 7.42. The first kappa shape index (κ1) is 23.7. The molecule has 0 bridgehead atoms. The lowest BCUT2D eigenvalue weighted by Gasteiger charge is -2.31. The van der Waals surface area contributed by atoms with Crippen molar-refractivity contribution in [1.29, 1.82) is 5.26 Å². The first-order valence-corrected chi connectivity index (χ1v) is 12.4. The van der Waals surface area contributed by atoms with E-state index in [1.165, 1.54) is 67.0 Å². The minimum Gasteiger partial charge on any atom is -0.371 e. The second-order valence-electron chi connectivity index (χ2n) is 9.63. The van der Waals surface area contributed by atoms with Gasteiger partial charge in [0.2, 0.25) is 0 Å². The molecule has 0 atom stereocenters. The van der Waals surface area contributed by atoms with E-state index in [0.29, 0.717) is 18.4 Å². The number of anilines is 1. The molecule has 0 N–H and O–H groups in total. The van der Waals surface area contributed by atoms with Crippen LogP contribution in [-0.4, -0.2) is 13.1 Å². The third-order valence-electron chi connectivity index (χ3n) is 7.42. The van der Waals surface area contributed by atoms with E-state index in [4.69, 9.17) is 0 Å². The largest absolute Gasteiger partial charge is 0.416 e. The molecule has 0 spiro atoms. The van der Waals surface area contributed by atoms with Crippen molar-refractivity contribution >= 4 is 5.69 Å². The molecule has 0 aromatic heterocycles. The molecule has 176 valence electrons. The Bertz CT molecular complexity index is 1010. The molecule has 0 radical (unpaired) electrons. The van der Waals surface area contributed by atoms with E-state index < -0.39 is 11.7 Å². The Hall–Kier alpha value is -2.48. The van der Waals surface area contributed by atoms with E-state index in [1.54, 1.807) is 6.07 Å². The average molecular weight is 455 g/mol. The molecule has 5 heteroatoms. The van der Waals surface area contributed by atoms with Crippen molar-refractivity contribution in [3.63, 3.8) is 0 Å². The van der Waals surface area contributed by atoms with Crippen LogP contribution in [0.4, 0.5) is 18.9 Å². The number of fused-ring (bicyclic) bond motifs is 1. The van der Waals surface area contributed by atoms with Crippen LogP contribution in [0.5, 0.6) is 0 Å². The van der Waals surface area contributed by atoms with E-state index in [1.807, 2.05) is 6.07 Å². The molecule has 2 aliphatic rings. The smallest absolute Gasteiger partial charge is 0.371 e. The topological polar surface area (TPSA) is 27.0 Å². The summed E-state index contributed by atoms with van der Waals surface area (Å²) in [6.45, 7) is 4.19. The summed E-state index contributed by atoms with van der Waals surface area (Å²) in [5.74, 6) is 0.732. The third kappa shape index (κ3) is 5.54. The first-order chi connectivity index (χ1) is 15.9.